The number of aromatic amines is 1. The molecule has 7 nitrogen and oxygen atoms in total. The Bertz CT molecular complexity index is 1360. The molecule has 8 heteroatoms. The molecule has 0 bridgehead atoms. The van der Waals surface area contributed by atoms with E-state index in [4.69, 9.17) is 25.6 Å². The van der Waals surface area contributed by atoms with Gasteiger partial charge in [0, 0.05) is 22.9 Å². The first kappa shape index (κ1) is 25.0. The van der Waals surface area contributed by atoms with Crippen molar-refractivity contribution in [2.24, 2.45) is 5.73 Å². The second-order valence-corrected chi connectivity index (χ2v) is 8.82. The molecule has 188 valence electrons. The number of nitrogens with one attached hydrogen (secondary N) is 3. The first-order valence-electron chi connectivity index (χ1n) is 12.1. The molecule has 0 spiro atoms. The predicted molar refractivity (Wildman–Crippen MR) is 142 cm³/mol. The predicted octanol–water partition coefficient (Wildman–Crippen LogP) is 5.94. The first-order valence-corrected chi connectivity index (χ1v) is 12.1. The van der Waals surface area contributed by atoms with Gasteiger partial charge in [0.1, 0.15) is 23.5 Å². The lowest BCUT2D eigenvalue weighted by atomic mass is 10.0. The maximum atomic E-state index is 15.9. The number of nitrogens with two attached hydrogens (primary N) is 1. The highest BCUT2D eigenvalue weighted by atomic mass is 19.1. The van der Waals surface area contributed by atoms with Gasteiger partial charge in [-0.2, -0.15) is 0 Å². The number of ether oxygens (including phenoxy) is 2. The van der Waals surface area contributed by atoms with Gasteiger partial charge in [-0.05, 0) is 75.2 Å². The first-order chi connectivity index (χ1) is 17.3. The van der Waals surface area contributed by atoms with E-state index in [9.17, 15) is 0 Å². The Labute approximate surface area is 210 Å². The van der Waals surface area contributed by atoms with Crippen molar-refractivity contribution in [3.05, 3.63) is 82.9 Å². The third kappa shape index (κ3) is 5.43. The molecule has 3 aromatic carbocycles. The molecule has 0 saturated heterocycles. The van der Waals surface area contributed by atoms with Crippen molar-refractivity contribution >= 4 is 22.6 Å². The minimum atomic E-state index is -0.680. The molecular weight excluding hydrogens is 457 g/mol. The van der Waals surface area contributed by atoms with Crippen LogP contribution >= 0.6 is 0 Å². The summed E-state index contributed by atoms with van der Waals surface area (Å²) >= 11 is 0. The molecule has 36 heavy (non-hydrogen) atoms. The third-order valence-electron chi connectivity index (χ3n) is 5.78. The maximum absolute atomic E-state index is 15.9. The Morgan fingerprint density at radius 2 is 1.86 bits per heavy atom. The highest BCUT2D eigenvalue weighted by molar-refractivity contribution is 5.95. The van der Waals surface area contributed by atoms with Gasteiger partial charge in [-0.25, -0.2) is 9.37 Å². The van der Waals surface area contributed by atoms with E-state index < -0.39 is 11.9 Å². The third-order valence-corrected chi connectivity index (χ3v) is 5.78. The lowest BCUT2D eigenvalue weighted by Gasteiger charge is -2.22. The molecule has 5 N–H and O–H groups in total. The van der Waals surface area contributed by atoms with Crippen molar-refractivity contribution in [1.29, 1.82) is 5.41 Å². The highest BCUT2D eigenvalue weighted by Crippen LogP contribution is 2.36. The zero-order valence-corrected chi connectivity index (χ0v) is 21.0. The number of aromatic nitrogens is 2. The normalized spacial score (nSPS) is 12.1. The van der Waals surface area contributed by atoms with Crippen molar-refractivity contribution in [2.75, 3.05) is 11.9 Å². The zero-order valence-electron chi connectivity index (χ0n) is 21.0. The van der Waals surface area contributed by atoms with Crippen LogP contribution in [-0.2, 0) is 6.42 Å². The maximum Gasteiger partial charge on any atom is 0.171 e. The number of imidazole rings is 1. The van der Waals surface area contributed by atoms with Crippen LogP contribution in [0, 0.1) is 11.2 Å². The summed E-state index contributed by atoms with van der Waals surface area (Å²) in [6.07, 6.45) is 0.678. The van der Waals surface area contributed by atoms with Crippen LogP contribution in [0.2, 0.25) is 0 Å². The van der Waals surface area contributed by atoms with Crippen LogP contribution in [-0.4, -0.2) is 28.5 Å². The second kappa shape index (κ2) is 10.7. The molecule has 0 fully saturated rings. The number of anilines is 1. The summed E-state index contributed by atoms with van der Waals surface area (Å²) in [7, 11) is 0. The lowest BCUT2D eigenvalue weighted by molar-refractivity contribution is 0.228. The van der Waals surface area contributed by atoms with Crippen molar-refractivity contribution in [3.63, 3.8) is 0 Å². The van der Waals surface area contributed by atoms with Crippen molar-refractivity contribution in [3.8, 4) is 11.5 Å². The van der Waals surface area contributed by atoms with Crippen molar-refractivity contribution in [1.82, 2.24) is 9.97 Å². The minimum Gasteiger partial charge on any atom is -0.494 e. The van der Waals surface area contributed by atoms with Crippen molar-refractivity contribution in [2.45, 2.75) is 46.3 Å². The molecular formula is C28H32FN5O2. The van der Waals surface area contributed by atoms with E-state index in [1.807, 2.05) is 32.9 Å². The number of hydrogen-bond donors (Lipinski definition) is 4. The van der Waals surface area contributed by atoms with Crippen molar-refractivity contribution < 1.29 is 13.9 Å². The summed E-state index contributed by atoms with van der Waals surface area (Å²) < 4.78 is 27.5. The van der Waals surface area contributed by atoms with Crippen LogP contribution in [0.3, 0.4) is 0 Å². The monoisotopic (exact) mass is 489 g/mol. The average molecular weight is 490 g/mol. The summed E-state index contributed by atoms with van der Waals surface area (Å²) in [4.78, 5) is 8.19. The molecule has 0 aliphatic rings. The average Bonchev–Trinajstić information content (AvgIpc) is 3.27. The van der Waals surface area contributed by atoms with Gasteiger partial charge in [-0.15, -0.1) is 0 Å². The smallest absolute Gasteiger partial charge is 0.171 e. The van der Waals surface area contributed by atoms with E-state index in [0.717, 1.165) is 17.5 Å². The Balaban J connectivity index is 1.86. The van der Waals surface area contributed by atoms with Crippen LogP contribution < -0.4 is 20.5 Å². The molecule has 0 aliphatic heterocycles. The van der Waals surface area contributed by atoms with Crippen LogP contribution in [0.4, 0.5) is 10.1 Å². The van der Waals surface area contributed by atoms with Crippen LogP contribution in [0.1, 0.15) is 56.3 Å². The number of fused-ring (bicyclic) bond motifs is 1. The van der Waals surface area contributed by atoms with E-state index in [1.54, 1.807) is 36.4 Å². The molecule has 1 heterocycles. The van der Waals surface area contributed by atoms with Gasteiger partial charge >= 0.3 is 0 Å². The van der Waals surface area contributed by atoms with Gasteiger partial charge in [0.25, 0.3) is 0 Å². The molecule has 0 aliphatic carbocycles. The Morgan fingerprint density at radius 1 is 1.11 bits per heavy atom. The number of nitrogens with zero attached hydrogens (tertiary/aromatic N) is 1. The number of aryl methyl sites for hydroxylation is 1. The fourth-order valence-corrected chi connectivity index (χ4v) is 4.03. The van der Waals surface area contributed by atoms with E-state index in [2.05, 4.69) is 23.3 Å². The molecule has 4 aromatic rings. The Kier molecular flexibility index (Phi) is 7.43. The van der Waals surface area contributed by atoms with E-state index in [0.29, 0.717) is 35.0 Å². The Hall–Kier alpha value is -4.07. The molecule has 1 aromatic heterocycles. The number of amidine groups is 1. The molecule has 0 saturated carbocycles. The van der Waals surface area contributed by atoms with E-state index in [-0.39, 0.29) is 17.7 Å². The Morgan fingerprint density at radius 3 is 2.50 bits per heavy atom. The number of halogens is 1. The van der Waals surface area contributed by atoms with Gasteiger partial charge in [-0.3, -0.25) is 5.41 Å². The summed E-state index contributed by atoms with van der Waals surface area (Å²) in [5.74, 6) is 0.673. The number of benzene rings is 3. The van der Waals surface area contributed by atoms with E-state index >= 15 is 4.39 Å². The number of nitrogen functional groups attached to an aromatic ring is 1. The van der Waals surface area contributed by atoms with Crippen LogP contribution in [0.25, 0.3) is 11.0 Å². The number of H-pyrrole nitrogens is 1. The summed E-state index contributed by atoms with van der Waals surface area (Å²) in [5.41, 5.74) is 10.1. The summed E-state index contributed by atoms with van der Waals surface area (Å²) in [5, 5.41) is 11.0. The topological polar surface area (TPSA) is 109 Å². The molecule has 1 unspecified atom stereocenters. The van der Waals surface area contributed by atoms with Crippen LogP contribution in [0.15, 0.2) is 54.6 Å². The molecule has 0 radical (unpaired) electrons. The quantitative estimate of drug-likeness (QED) is 0.163. The van der Waals surface area contributed by atoms with Gasteiger partial charge in [0.15, 0.2) is 11.6 Å². The number of rotatable bonds is 10. The second-order valence-electron chi connectivity index (χ2n) is 8.82. The molecule has 4 rings (SSSR count). The SMILES string of the molecule is CCOc1cc(OC(C)C)c(F)c(C(Nc2ccc(C(=N)N)cc2)c2nc3cc(CC)ccc3[nH]2)c1. The summed E-state index contributed by atoms with van der Waals surface area (Å²) in [6, 6.07) is 15.7. The highest BCUT2D eigenvalue weighted by Gasteiger charge is 2.26. The standard InChI is InChI=1S/C28H32FN5O2/c1-5-17-7-12-22-23(13-17)34-28(33-22)26(32-19-10-8-18(9-11-19)27(30)31)21-14-20(35-6-2)15-24(25(21)29)36-16(3)4/h7-16,26,32H,5-6H2,1-4H3,(H3,30,31)(H,33,34). The largest absolute Gasteiger partial charge is 0.494 e. The number of hydrogen-bond acceptors (Lipinski definition) is 5. The minimum absolute atomic E-state index is 0.0203. The van der Waals surface area contributed by atoms with Crippen LogP contribution in [0.5, 0.6) is 11.5 Å². The molecule has 0 amide bonds. The molecule has 1 atom stereocenters. The lowest BCUT2D eigenvalue weighted by Crippen LogP contribution is -2.18. The fourth-order valence-electron chi connectivity index (χ4n) is 4.03. The zero-order chi connectivity index (χ0) is 25.8. The van der Waals surface area contributed by atoms with Gasteiger partial charge < -0.3 is 25.5 Å². The van der Waals surface area contributed by atoms with E-state index in [1.165, 1.54) is 5.56 Å². The fraction of sp³-hybridized carbons (Fsp3) is 0.286. The summed E-state index contributed by atoms with van der Waals surface area (Å²) in [6.45, 7) is 8.10. The van der Waals surface area contributed by atoms with Gasteiger partial charge in [0.05, 0.1) is 23.7 Å². The van der Waals surface area contributed by atoms with Gasteiger partial charge in [0.2, 0.25) is 0 Å². The van der Waals surface area contributed by atoms with Gasteiger partial charge in [-0.1, -0.05) is 13.0 Å².